The summed E-state index contributed by atoms with van der Waals surface area (Å²) in [5.41, 5.74) is 15.9. The van der Waals surface area contributed by atoms with E-state index >= 15 is 0 Å². The van der Waals surface area contributed by atoms with E-state index < -0.39 is 78.4 Å². The summed E-state index contributed by atoms with van der Waals surface area (Å²) in [4.78, 5) is 71.0. The van der Waals surface area contributed by atoms with Crippen LogP contribution in [0, 0.1) is 11.8 Å². The average Bonchev–Trinajstić information content (AvgIpc) is 2.62. The standard InChI is InChI=1S/C18H32N6O7/c1-7(2)13(21)16(28)24-14(8(3)4)17(29)22-9(5-11(19)25)15(27)23-10(18(30)31)6-12(20)26/h7-10,13-14H,5-6,21H2,1-4H3,(H2,19,25)(H2,20,26)(H,22,29)(H,23,27)(H,24,28)(H,30,31). The molecule has 0 aromatic rings. The summed E-state index contributed by atoms with van der Waals surface area (Å²) >= 11 is 0. The first-order valence-electron chi connectivity index (χ1n) is 9.63. The predicted octanol–water partition coefficient (Wildman–Crippen LogP) is -3.08. The second-order valence-corrected chi connectivity index (χ2v) is 7.80. The smallest absolute Gasteiger partial charge is 0.326 e. The van der Waals surface area contributed by atoms with Crippen LogP contribution in [0.4, 0.5) is 0 Å². The molecule has 0 aromatic carbocycles. The zero-order valence-corrected chi connectivity index (χ0v) is 18.0. The Morgan fingerprint density at radius 3 is 1.55 bits per heavy atom. The minimum Gasteiger partial charge on any atom is -0.480 e. The molecular weight excluding hydrogens is 412 g/mol. The fourth-order valence-electron chi connectivity index (χ4n) is 2.43. The quantitative estimate of drug-likeness (QED) is 0.153. The molecule has 0 saturated heterocycles. The highest BCUT2D eigenvalue weighted by Crippen LogP contribution is 2.06. The molecule has 10 N–H and O–H groups in total. The normalized spacial score (nSPS) is 14.8. The summed E-state index contributed by atoms with van der Waals surface area (Å²) in [6, 6.07) is -5.18. The Labute approximate surface area is 179 Å². The third-order valence-corrected chi connectivity index (χ3v) is 4.33. The number of amides is 5. The highest BCUT2D eigenvalue weighted by Gasteiger charge is 2.33. The molecule has 13 nitrogen and oxygen atoms in total. The van der Waals surface area contributed by atoms with Gasteiger partial charge in [-0.2, -0.15) is 0 Å². The first kappa shape index (κ1) is 27.8. The average molecular weight is 444 g/mol. The van der Waals surface area contributed by atoms with E-state index in [2.05, 4.69) is 10.6 Å². The number of rotatable bonds is 13. The molecule has 0 radical (unpaired) electrons. The molecule has 4 unspecified atom stereocenters. The van der Waals surface area contributed by atoms with Crippen molar-refractivity contribution in [3.8, 4) is 0 Å². The molecule has 0 spiro atoms. The SMILES string of the molecule is CC(C)C(N)C(=O)NC(C(=O)NC(CC(N)=O)C(=O)NC(CC(N)=O)C(=O)O)C(C)C. The molecule has 0 rings (SSSR count). The van der Waals surface area contributed by atoms with E-state index in [-0.39, 0.29) is 5.92 Å². The van der Waals surface area contributed by atoms with Crippen LogP contribution in [-0.4, -0.2) is 64.8 Å². The van der Waals surface area contributed by atoms with E-state index in [4.69, 9.17) is 22.3 Å². The Bertz CT molecular complexity index is 710. The third-order valence-electron chi connectivity index (χ3n) is 4.33. The number of carboxylic acid groups (broad SMARTS) is 1. The number of hydrogen-bond acceptors (Lipinski definition) is 7. The van der Waals surface area contributed by atoms with Crippen molar-refractivity contribution in [2.75, 3.05) is 0 Å². The van der Waals surface area contributed by atoms with Gasteiger partial charge in [0.25, 0.3) is 0 Å². The van der Waals surface area contributed by atoms with E-state index in [0.29, 0.717) is 0 Å². The lowest BCUT2D eigenvalue weighted by molar-refractivity contribution is -0.144. The molecule has 5 amide bonds. The molecule has 0 bridgehead atoms. The molecule has 0 aromatic heterocycles. The lowest BCUT2D eigenvalue weighted by Gasteiger charge is -2.27. The van der Waals surface area contributed by atoms with Crippen molar-refractivity contribution in [1.82, 2.24) is 16.0 Å². The van der Waals surface area contributed by atoms with Gasteiger partial charge in [-0.05, 0) is 11.8 Å². The van der Waals surface area contributed by atoms with Gasteiger partial charge < -0.3 is 38.3 Å². The van der Waals surface area contributed by atoms with Crippen molar-refractivity contribution >= 4 is 35.5 Å². The molecule has 31 heavy (non-hydrogen) atoms. The van der Waals surface area contributed by atoms with Gasteiger partial charge in [-0.1, -0.05) is 27.7 Å². The van der Waals surface area contributed by atoms with Gasteiger partial charge in [0.15, 0.2) is 0 Å². The van der Waals surface area contributed by atoms with Crippen molar-refractivity contribution in [1.29, 1.82) is 0 Å². The molecule has 0 fully saturated rings. The molecule has 0 aliphatic carbocycles. The number of hydrogen-bond donors (Lipinski definition) is 7. The largest absolute Gasteiger partial charge is 0.480 e. The fourth-order valence-corrected chi connectivity index (χ4v) is 2.43. The molecule has 176 valence electrons. The van der Waals surface area contributed by atoms with E-state index in [1.807, 2.05) is 5.32 Å². The Balaban J connectivity index is 5.49. The van der Waals surface area contributed by atoms with Crippen LogP contribution in [0.1, 0.15) is 40.5 Å². The monoisotopic (exact) mass is 444 g/mol. The van der Waals surface area contributed by atoms with E-state index in [0.717, 1.165) is 0 Å². The zero-order valence-electron chi connectivity index (χ0n) is 18.0. The Morgan fingerprint density at radius 1 is 0.710 bits per heavy atom. The van der Waals surface area contributed by atoms with Gasteiger partial charge in [-0.25, -0.2) is 4.79 Å². The van der Waals surface area contributed by atoms with Gasteiger partial charge in [0.1, 0.15) is 18.1 Å². The van der Waals surface area contributed by atoms with E-state index in [1.54, 1.807) is 27.7 Å². The van der Waals surface area contributed by atoms with Gasteiger partial charge in [0.05, 0.1) is 18.9 Å². The molecule has 0 heterocycles. The third kappa shape index (κ3) is 9.89. The summed E-state index contributed by atoms with van der Waals surface area (Å²) < 4.78 is 0. The summed E-state index contributed by atoms with van der Waals surface area (Å²) in [6.45, 7) is 6.74. The van der Waals surface area contributed by atoms with Gasteiger partial charge in [0, 0.05) is 0 Å². The van der Waals surface area contributed by atoms with E-state index in [9.17, 15) is 28.8 Å². The summed E-state index contributed by atoms with van der Waals surface area (Å²) in [5, 5.41) is 15.9. The number of primary amides is 2. The maximum atomic E-state index is 12.7. The van der Waals surface area contributed by atoms with Crippen molar-refractivity contribution in [3.05, 3.63) is 0 Å². The molecule has 4 atom stereocenters. The first-order valence-corrected chi connectivity index (χ1v) is 9.63. The Kier molecular flexibility index (Phi) is 11.2. The summed E-state index contributed by atoms with van der Waals surface area (Å²) in [5.74, 6) is -6.51. The highest BCUT2D eigenvalue weighted by atomic mass is 16.4. The molecule has 0 aliphatic heterocycles. The van der Waals surface area contributed by atoms with Crippen LogP contribution in [0.5, 0.6) is 0 Å². The molecular formula is C18H32N6O7. The lowest BCUT2D eigenvalue weighted by Crippen LogP contribution is -2.59. The number of nitrogens with two attached hydrogens (primary N) is 3. The number of carbonyl (C=O) groups excluding carboxylic acids is 5. The van der Waals surface area contributed by atoms with Crippen molar-refractivity contribution < 1.29 is 33.9 Å². The summed E-state index contributed by atoms with van der Waals surface area (Å²) in [6.07, 6.45) is -1.35. The number of aliphatic carboxylic acids is 1. The lowest BCUT2D eigenvalue weighted by atomic mass is 9.99. The zero-order chi connectivity index (χ0) is 24.5. The predicted molar refractivity (Wildman–Crippen MR) is 109 cm³/mol. The maximum Gasteiger partial charge on any atom is 0.326 e. The fraction of sp³-hybridized carbons (Fsp3) is 0.667. The second-order valence-electron chi connectivity index (χ2n) is 7.80. The molecule has 13 heteroatoms. The van der Waals surface area contributed by atoms with Gasteiger partial charge in [-0.15, -0.1) is 0 Å². The second kappa shape index (κ2) is 12.5. The minimum absolute atomic E-state index is 0.192. The van der Waals surface area contributed by atoms with Crippen LogP contribution >= 0.6 is 0 Å². The first-order chi connectivity index (χ1) is 14.2. The van der Waals surface area contributed by atoms with Crippen LogP contribution in [0.15, 0.2) is 0 Å². The number of carboxylic acids is 1. The van der Waals surface area contributed by atoms with Crippen LogP contribution < -0.4 is 33.2 Å². The Morgan fingerprint density at radius 2 is 1.16 bits per heavy atom. The van der Waals surface area contributed by atoms with Crippen molar-refractivity contribution in [2.45, 2.75) is 64.7 Å². The number of carbonyl (C=O) groups is 6. The molecule has 0 aliphatic rings. The topological polar surface area (TPSA) is 237 Å². The maximum absolute atomic E-state index is 12.7. The van der Waals surface area contributed by atoms with Crippen LogP contribution in [-0.2, 0) is 28.8 Å². The van der Waals surface area contributed by atoms with Crippen LogP contribution in [0.25, 0.3) is 0 Å². The number of nitrogens with one attached hydrogen (secondary N) is 3. The highest BCUT2D eigenvalue weighted by molar-refractivity contribution is 5.96. The van der Waals surface area contributed by atoms with Crippen molar-refractivity contribution in [3.63, 3.8) is 0 Å². The summed E-state index contributed by atoms with van der Waals surface area (Å²) in [7, 11) is 0. The van der Waals surface area contributed by atoms with Crippen LogP contribution in [0.2, 0.25) is 0 Å². The van der Waals surface area contributed by atoms with Crippen LogP contribution in [0.3, 0.4) is 0 Å². The Hall–Kier alpha value is -3.22. The minimum atomic E-state index is -1.66. The van der Waals surface area contributed by atoms with Crippen molar-refractivity contribution in [2.24, 2.45) is 29.0 Å². The van der Waals surface area contributed by atoms with Gasteiger partial charge >= 0.3 is 5.97 Å². The molecule has 0 saturated carbocycles. The van der Waals surface area contributed by atoms with Gasteiger partial charge in [0.2, 0.25) is 29.5 Å². The van der Waals surface area contributed by atoms with E-state index in [1.165, 1.54) is 0 Å². The van der Waals surface area contributed by atoms with Gasteiger partial charge in [-0.3, -0.25) is 24.0 Å².